The van der Waals surface area contributed by atoms with Gasteiger partial charge in [-0.2, -0.15) is 0 Å². The second-order valence-corrected chi connectivity index (χ2v) is 10.8. The Hall–Kier alpha value is -2.71. The molecule has 2 aliphatic rings. The number of anilines is 1. The molecule has 0 aliphatic carbocycles. The minimum absolute atomic E-state index is 0.0505. The maximum atomic E-state index is 13.2. The molecule has 2 aromatic heterocycles. The van der Waals surface area contributed by atoms with Crippen molar-refractivity contribution in [2.24, 2.45) is 0 Å². The van der Waals surface area contributed by atoms with Gasteiger partial charge in [0.05, 0.1) is 22.8 Å². The van der Waals surface area contributed by atoms with E-state index in [2.05, 4.69) is 30.8 Å². The number of methoxy groups -OCH3 is 1. The number of ether oxygens (including phenoxy) is 1. The second kappa shape index (κ2) is 12.2. The molecular weight excluding hydrogens is 538 g/mol. The van der Waals surface area contributed by atoms with Crippen molar-refractivity contribution in [3.63, 3.8) is 0 Å². The number of pyridine rings is 1. The third-order valence-electron chi connectivity index (χ3n) is 6.16. The molecule has 0 bridgehead atoms. The number of rotatable bonds is 6. The first-order chi connectivity index (χ1) is 17.7. The monoisotopic (exact) mass is 565 g/mol. The van der Waals surface area contributed by atoms with Crippen LogP contribution >= 0.6 is 35.2 Å². The predicted octanol–water partition coefficient (Wildman–Crippen LogP) is 1.08. The lowest BCUT2D eigenvalue weighted by atomic mass is 9.98. The molecule has 1 fully saturated rings. The average molecular weight is 566 g/mol. The number of nitrogens with one attached hydrogen (secondary N) is 3. The molecule has 4 heterocycles. The summed E-state index contributed by atoms with van der Waals surface area (Å²) in [5, 5.41) is 9.52. The number of thiocarbonyl (C=S) groups is 1. The topological polar surface area (TPSA) is 129 Å². The third-order valence-corrected chi connectivity index (χ3v) is 7.77. The molecule has 37 heavy (non-hydrogen) atoms. The molecule has 2 atom stereocenters. The average Bonchev–Trinajstić information content (AvgIpc) is 3.30. The number of hydrogen-bond acceptors (Lipinski definition) is 9. The van der Waals surface area contributed by atoms with E-state index in [9.17, 15) is 14.4 Å². The van der Waals surface area contributed by atoms with Crippen LogP contribution in [0.1, 0.15) is 26.8 Å². The summed E-state index contributed by atoms with van der Waals surface area (Å²) in [4.78, 5) is 51.8. The molecule has 0 aromatic carbocycles. The minimum Gasteiger partial charge on any atom is -0.375 e. The van der Waals surface area contributed by atoms with Crippen LogP contribution in [0.5, 0.6) is 0 Å². The lowest BCUT2D eigenvalue weighted by molar-refractivity contribution is -0.136. The Morgan fingerprint density at radius 1 is 1.24 bits per heavy atom. The van der Waals surface area contributed by atoms with Crippen molar-refractivity contribution >= 4 is 63.7 Å². The summed E-state index contributed by atoms with van der Waals surface area (Å²) in [6.45, 7) is 2.27. The molecule has 198 valence electrons. The van der Waals surface area contributed by atoms with E-state index in [0.717, 1.165) is 30.1 Å². The Morgan fingerprint density at radius 3 is 2.78 bits per heavy atom. The number of piperidine rings is 1. The van der Waals surface area contributed by atoms with E-state index in [0.29, 0.717) is 28.8 Å². The summed E-state index contributed by atoms with van der Waals surface area (Å²) in [7, 11) is 3.49. The minimum atomic E-state index is -0.537. The first-order valence-corrected chi connectivity index (χ1v) is 13.3. The van der Waals surface area contributed by atoms with Gasteiger partial charge in [0.25, 0.3) is 11.8 Å². The van der Waals surface area contributed by atoms with E-state index in [1.54, 1.807) is 17.0 Å². The molecule has 11 nitrogen and oxygen atoms in total. The SMILES string of the molecule is COCC(=O)N1CCC(NC(=S)C(=O)Nc2ccc(Cl)cn2)C(NC(=O)c2nc3c(s2)CN(C)CC3)C1. The highest BCUT2D eigenvalue weighted by atomic mass is 35.5. The Morgan fingerprint density at radius 2 is 2.05 bits per heavy atom. The summed E-state index contributed by atoms with van der Waals surface area (Å²) < 4.78 is 4.99. The summed E-state index contributed by atoms with van der Waals surface area (Å²) in [6, 6.07) is 2.28. The molecule has 3 amide bonds. The fourth-order valence-electron chi connectivity index (χ4n) is 4.22. The maximum Gasteiger partial charge on any atom is 0.284 e. The van der Waals surface area contributed by atoms with E-state index < -0.39 is 11.9 Å². The number of fused-ring (bicyclic) bond motifs is 1. The lowest BCUT2D eigenvalue weighted by Crippen LogP contribution is -2.62. The summed E-state index contributed by atoms with van der Waals surface area (Å²) >= 11 is 12.6. The molecule has 3 N–H and O–H groups in total. The van der Waals surface area contributed by atoms with Crippen LogP contribution in [0.4, 0.5) is 5.82 Å². The lowest BCUT2D eigenvalue weighted by Gasteiger charge is -2.39. The summed E-state index contributed by atoms with van der Waals surface area (Å²) in [5.74, 6) is -0.728. The number of likely N-dealkylation sites (N-methyl/N-ethyl adjacent to an activating group) is 1. The normalized spacial score (nSPS) is 19.6. The van der Waals surface area contributed by atoms with Gasteiger partial charge in [-0.05, 0) is 25.6 Å². The number of thiazole rings is 1. The Balaban J connectivity index is 1.44. The van der Waals surface area contributed by atoms with Crippen LogP contribution in [0.3, 0.4) is 0 Å². The molecule has 0 spiro atoms. The van der Waals surface area contributed by atoms with Crippen molar-refractivity contribution in [2.75, 3.05) is 45.7 Å². The van der Waals surface area contributed by atoms with Gasteiger partial charge in [0.2, 0.25) is 5.91 Å². The standard InChI is InChI=1S/C23H28ClN7O4S2/c1-30-7-5-15-17(11-30)37-23(28-15)21(34)26-16-10-31(19(32)12-35-2)8-6-14(16)27-22(36)20(33)29-18-4-3-13(24)9-25-18/h3-4,9,14,16H,5-8,10-12H2,1-2H3,(H,26,34)(H,27,36)(H,25,29,33). The fourth-order valence-corrected chi connectivity index (χ4v) is 5.63. The molecule has 2 aromatic rings. The van der Waals surface area contributed by atoms with Crippen molar-refractivity contribution in [3.05, 3.63) is 38.9 Å². The van der Waals surface area contributed by atoms with Gasteiger partial charge in [0.15, 0.2) is 10.00 Å². The molecule has 2 unspecified atom stereocenters. The summed E-state index contributed by atoms with van der Waals surface area (Å²) in [6.07, 6.45) is 2.68. The largest absolute Gasteiger partial charge is 0.375 e. The number of hydrogen-bond donors (Lipinski definition) is 3. The van der Waals surface area contributed by atoms with Crippen LogP contribution in [0.15, 0.2) is 18.3 Å². The van der Waals surface area contributed by atoms with E-state index in [1.165, 1.54) is 24.6 Å². The number of amides is 3. The maximum absolute atomic E-state index is 13.2. The first kappa shape index (κ1) is 27.3. The Labute approximate surface area is 228 Å². The van der Waals surface area contributed by atoms with Gasteiger partial charge >= 0.3 is 0 Å². The van der Waals surface area contributed by atoms with Crippen LogP contribution in [0, 0.1) is 0 Å². The Bertz CT molecular complexity index is 1180. The molecule has 4 rings (SSSR count). The second-order valence-electron chi connectivity index (χ2n) is 8.91. The third kappa shape index (κ3) is 6.99. The van der Waals surface area contributed by atoms with Gasteiger partial charge in [0.1, 0.15) is 12.4 Å². The highest BCUT2D eigenvalue weighted by Gasteiger charge is 2.34. The molecule has 0 radical (unpaired) electrons. The van der Waals surface area contributed by atoms with Crippen LogP contribution in [0.2, 0.25) is 5.02 Å². The van der Waals surface area contributed by atoms with Gasteiger partial charge in [-0.25, -0.2) is 9.97 Å². The van der Waals surface area contributed by atoms with Gasteiger partial charge < -0.3 is 30.5 Å². The quantitative estimate of drug-likeness (QED) is 0.441. The number of likely N-dealkylation sites (tertiary alicyclic amines) is 1. The van der Waals surface area contributed by atoms with Crippen molar-refractivity contribution in [1.29, 1.82) is 0 Å². The van der Waals surface area contributed by atoms with Crippen molar-refractivity contribution in [1.82, 2.24) is 30.4 Å². The van der Waals surface area contributed by atoms with Crippen molar-refractivity contribution in [3.8, 4) is 0 Å². The molecule has 0 saturated carbocycles. The van der Waals surface area contributed by atoms with Crippen molar-refractivity contribution < 1.29 is 19.1 Å². The van der Waals surface area contributed by atoms with Gasteiger partial charge in [-0.3, -0.25) is 14.4 Å². The van der Waals surface area contributed by atoms with E-state index in [1.807, 2.05) is 7.05 Å². The fraction of sp³-hybridized carbons (Fsp3) is 0.478. The molecule has 1 saturated heterocycles. The molecule has 14 heteroatoms. The number of carbonyl (C=O) groups is 3. The number of nitrogens with zero attached hydrogens (tertiary/aromatic N) is 4. The van der Waals surface area contributed by atoms with Crippen molar-refractivity contribution in [2.45, 2.75) is 31.5 Å². The van der Waals surface area contributed by atoms with Gasteiger partial charge in [-0.1, -0.05) is 23.8 Å². The predicted molar refractivity (Wildman–Crippen MR) is 144 cm³/mol. The highest BCUT2D eigenvalue weighted by Crippen LogP contribution is 2.25. The van der Waals surface area contributed by atoms with Crippen LogP contribution in [0.25, 0.3) is 0 Å². The first-order valence-electron chi connectivity index (χ1n) is 11.7. The van der Waals surface area contributed by atoms with E-state index in [-0.39, 0.29) is 36.0 Å². The zero-order chi connectivity index (χ0) is 26.5. The van der Waals surface area contributed by atoms with Gasteiger partial charge in [0, 0.05) is 50.8 Å². The number of halogens is 1. The highest BCUT2D eigenvalue weighted by molar-refractivity contribution is 7.82. The zero-order valence-electron chi connectivity index (χ0n) is 20.5. The Kier molecular flexibility index (Phi) is 9.03. The van der Waals surface area contributed by atoms with Crippen LogP contribution in [-0.4, -0.2) is 95.0 Å². The van der Waals surface area contributed by atoms with Gasteiger partial charge in [-0.15, -0.1) is 11.3 Å². The van der Waals surface area contributed by atoms with Crippen LogP contribution in [-0.2, 0) is 27.3 Å². The van der Waals surface area contributed by atoms with Crippen LogP contribution < -0.4 is 16.0 Å². The van der Waals surface area contributed by atoms with E-state index in [4.69, 9.17) is 28.6 Å². The zero-order valence-corrected chi connectivity index (χ0v) is 22.8. The number of carbonyl (C=O) groups excluding carboxylic acids is 3. The number of aromatic nitrogens is 2. The van der Waals surface area contributed by atoms with E-state index >= 15 is 0 Å². The smallest absolute Gasteiger partial charge is 0.284 e. The summed E-state index contributed by atoms with van der Waals surface area (Å²) in [5.41, 5.74) is 0.956. The molecular formula is C23H28ClN7O4S2. The molecule has 2 aliphatic heterocycles.